The van der Waals surface area contributed by atoms with Gasteiger partial charge in [-0.1, -0.05) is 0 Å². The smallest absolute Gasteiger partial charge is 0.107 e. The lowest BCUT2D eigenvalue weighted by Crippen LogP contribution is -2.04. The number of rotatable bonds is 0. The maximum Gasteiger partial charge on any atom is 0.107 e. The molecule has 0 aromatic rings. The van der Waals surface area contributed by atoms with Crippen LogP contribution < -0.4 is 0 Å². The Labute approximate surface area is 48.2 Å². The van der Waals surface area contributed by atoms with Crippen molar-refractivity contribution in [2.45, 2.75) is 0 Å². The highest BCUT2D eigenvalue weighted by atomic mass is 15.4. The normalized spacial score (nSPS) is 26.0. The van der Waals surface area contributed by atoms with Crippen LogP contribution in [0.5, 0.6) is 0 Å². The van der Waals surface area contributed by atoms with E-state index in [-0.39, 0.29) is 5.92 Å². The molecule has 1 radical (unpaired) electrons. The zero-order valence-corrected chi connectivity index (χ0v) is 4.57. The van der Waals surface area contributed by atoms with Gasteiger partial charge in [-0.3, -0.25) is 5.01 Å². The van der Waals surface area contributed by atoms with Crippen molar-refractivity contribution >= 4 is 6.21 Å². The van der Waals surface area contributed by atoms with E-state index >= 15 is 0 Å². The summed E-state index contributed by atoms with van der Waals surface area (Å²) in [5.41, 5.74) is 0. The predicted molar refractivity (Wildman–Crippen MR) is 29.7 cm³/mol. The fraction of sp³-hybridized carbons (Fsp3) is 0.400. The third-order valence-electron chi connectivity index (χ3n) is 0.935. The van der Waals surface area contributed by atoms with Gasteiger partial charge in [-0.2, -0.15) is 10.4 Å². The molecule has 3 heteroatoms. The number of hydrogen-bond acceptors (Lipinski definition) is 3. The molecule has 1 rings (SSSR count). The number of hydrazone groups is 1. The van der Waals surface area contributed by atoms with Crippen LogP contribution in [0, 0.1) is 23.8 Å². The van der Waals surface area contributed by atoms with Crippen LogP contribution in [0.3, 0.4) is 0 Å². The molecule has 8 heavy (non-hydrogen) atoms. The van der Waals surface area contributed by atoms with Gasteiger partial charge in [0.2, 0.25) is 0 Å². The van der Waals surface area contributed by atoms with Gasteiger partial charge in [-0.05, 0) is 0 Å². The van der Waals surface area contributed by atoms with Gasteiger partial charge in [0.1, 0.15) is 5.92 Å². The van der Waals surface area contributed by atoms with E-state index in [0.29, 0.717) is 0 Å². The second-order valence-corrected chi connectivity index (χ2v) is 1.64. The molecule has 0 fully saturated rings. The quantitative estimate of drug-likeness (QED) is 0.445. The third kappa shape index (κ3) is 0.784. The van der Waals surface area contributed by atoms with Gasteiger partial charge in [0.15, 0.2) is 0 Å². The first-order valence-corrected chi connectivity index (χ1v) is 2.34. The summed E-state index contributed by atoms with van der Waals surface area (Å²) < 4.78 is 0. The standard InChI is InChI=1S/C5H6N3/c1-8-4-5(2-6)3-7-8/h3-5H,1H3. The van der Waals surface area contributed by atoms with Crippen molar-refractivity contribution in [2.75, 3.05) is 7.05 Å². The molecule has 1 unspecified atom stereocenters. The van der Waals surface area contributed by atoms with Gasteiger partial charge in [0, 0.05) is 13.3 Å². The fourth-order valence-corrected chi connectivity index (χ4v) is 0.553. The van der Waals surface area contributed by atoms with Crippen molar-refractivity contribution in [3.05, 3.63) is 6.54 Å². The molecule has 0 saturated heterocycles. The second kappa shape index (κ2) is 1.83. The Bertz CT molecular complexity index is 144. The molecule has 0 bridgehead atoms. The minimum atomic E-state index is -0.111. The Kier molecular flexibility index (Phi) is 1.17. The maximum atomic E-state index is 8.28. The van der Waals surface area contributed by atoms with Gasteiger partial charge in [0.05, 0.1) is 12.6 Å². The molecule has 0 amide bonds. The summed E-state index contributed by atoms with van der Waals surface area (Å²) in [6.07, 6.45) is 1.61. The first-order valence-electron chi connectivity index (χ1n) is 2.34. The van der Waals surface area contributed by atoms with E-state index in [4.69, 9.17) is 5.26 Å². The Morgan fingerprint density at radius 1 is 1.88 bits per heavy atom. The molecular formula is C5H6N3. The summed E-state index contributed by atoms with van der Waals surface area (Å²) in [5, 5.41) is 13.7. The van der Waals surface area contributed by atoms with Gasteiger partial charge in [0.25, 0.3) is 0 Å². The molecule has 1 heterocycles. The number of hydrogen-bond donors (Lipinski definition) is 0. The molecule has 41 valence electrons. The van der Waals surface area contributed by atoms with Gasteiger partial charge < -0.3 is 0 Å². The van der Waals surface area contributed by atoms with Gasteiger partial charge >= 0.3 is 0 Å². The average Bonchev–Trinajstić information content (AvgIpc) is 2.14. The molecule has 0 saturated carbocycles. The second-order valence-electron chi connectivity index (χ2n) is 1.64. The molecule has 1 aliphatic heterocycles. The summed E-state index contributed by atoms with van der Waals surface area (Å²) in [6, 6.07) is 2.05. The molecule has 0 spiro atoms. The van der Waals surface area contributed by atoms with Crippen LogP contribution in [0.25, 0.3) is 0 Å². The number of nitrogens with zero attached hydrogens (tertiary/aromatic N) is 3. The average molecular weight is 108 g/mol. The van der Waals surface area contributed by atoms with Gasteiger partial charge in [-0.15, -0.1) is 0 Å². The van der Waals surface area contributed by atoms with Crippen molar-refractivity contribution in [1.29, 1.82) is 5.26 Å². The van der Waals surface area contributed by atoms with Crippen LogP contribution in [-0.4, -0.2) is 18.3 Å². The molecule has 1 atom stereocenters. The topological polar surface area (TPSA) is 39.4 Å². The fourth-order valence-electron chi connectivity index (χ4n) is 0.553. The van der Waals surface area contributed by atoms with Crippen LogP contribution in [0.15, 0.2) is 5.10 Å². The molecule has 3 nitrogen and oxygen atoms in total. The first-order chi connectivity index (χ1) is 3.83. The van der Waals surface area contributed by atoms with Crippen LogP contribution in [-0.2, 0) is 0 Å². The van der Waals surface area contributed by atoms with E-state index in [1.54, 1.807) is 24.8 Å². The predicted octanol–water partition coefficient (Wildman–Crippen LogP) is 0.219. The summed E-state index contributed by atoms with van der Waals surface area (Å²) in [6.45, 7) is 1.75. The summed E-state index contributed by atoms with van der Waals surface area (Å²) in [5.74, 6) is -0.111. The Balaban J connectivity index is 2.49. The van der Waals surface area contributed by atoms with Crippen LogP contribution in [0.2, 0.25) is 0 Å². The summed E-state index contributed by atoms with van der Waals surface area (Å²) in [4.78, 5) is 0. The minimum Gasteiger partial charge on any atom is -0.293 e. The zero-order valence-electron chi connectivity index (χ0n) is 4.57. The Hall–Kier alpha value is -1.04. The first kappa shape index (κ1) is 5.10. The largest absolute Gasteiger partial charge is 0.293 e. The molecular weight excluding hydrogens is 102 g/mol. The summed E-state index contributed by atoms with van der Waals surface area (Å²) >= 11 is 0. The monoisotopic (exact) mass is 108 g/mol. The summed E-state index contributed by atoms with van der Waals surface area (Å²) in [7, 11) is 1.80. The lowest BCUT2D eigenvalue weighted by Gasteiger charge is -2.01. The maximum absolute atomic E-state index is 8.28. The SMILES string of the molecule is CN1[CH]C(C#N)C=N1. The van der Waals surface area contributed by atoms with Crippen LogP contribution in [0.4, 0.5) is 0 Å². The zero-order chi connectivity index (χ0) is 5.98. The Morgan fingerprint density at radius 3 is 2.88 bits per heavy atom. The molecule has 1 aliphatic rings. The van der Waals surface area contributed by atoms with E-state index in [2.05, 4.69) is 5.10 Å². The van der Waals surface area contributed by atoms with E-state index in [1.165, 1.54) is 0 Å². The van der Waals surface area contributed by atoms with E-state index in [0.717, 1.165) is 0 Å². The van der Waals surface area contributed by atoms with Crippen LogP contribution >= 0.6 is 0 Å². The molecule has 0 aromatic carbocycles. The lowest BCUT2D eigenvalue weighted by molar-refractivity contribution is 0.446. The third-order valence-corrected chi connectivity index (χ3v) is 0.935. The van der Waals surface area contributed by atoms with Crippen molar-refractivity contribution in [3.8, 4) is 6.07 Å². The highest BCUT2D eigenvalue weighted by Gasteiger charge is 2.12. The van der Waals surface area contributed by atoms with Crippen molar-refractivity contribution in [2.24, 2.45) is 11.0 Å². The van der Waals surface area contributed by atoms with E-state index < -0.39 is 0 Å². The number of nitriles is 1. The molecule has 0 aliphatic carbocycles. The van der Waals surface area contributed by atoms with Crippen LogP contribution in [0.1, 0.15) is 0 Å². The highest BCUT2D eigenvalue weighted by Crippen LogP contribution is 2.07. The highest BCUT2D eigenvalue weighted by molar-refractivity contribution is 5.67. The van der Waals surface area contributed by atoms with E-state index in [1.807, 2.05) is 6.07 Å². The van der Waals surface area contributed by atoms with Crippen molar-refractivity contribution in [1.82, 2.24) is 5.01 Å². The lowest BCUT2D eigenvalue weighted by atomic mass is 10.2. The van der Waals surface area contributed by atoms with E-state index in [9.17, 15) is 0 Å². The minimum absolute atomic E-state index is 0.111. The van der Waals surface area contributed by atoms with Gasteiger partial charge in [-0.25, -0.2) is 0 Å². The van der Waals surface area contributed by atoms with Crippen molar-refractivity contribution < 1.29 is 0 Å². The molecule has 0 N–H and O–H groups in total. The molecule has 0 aromatic heterocycles. The Morgan fingerprint density at radius 2 is 2.62 bits per heavy atom. The van der Waals surface area contributed by atoms with Crippen molar-refractivity contribution in [3.63, 3.8) is 0 Å².